The fourth-order valence-electron chi connectivity index (χ4n) is 1.18. The summed E-state index contributed by atoms with van der Waals surface area (Å²) in [5.74, 6) is -0.313. The van der Waals surface area contributed by atoms with E-state index in [1.54, 1.807) is 18.0 Å². The van der Waals surface area contributed by atoms with Crippen molar-refractivity contribution in [2.45, 2.75) is 13.0 Å². The standard InChI is InChI=1S/C11H13BrClNO2/c1-7(6-12)14(2)11(16)9-4-3-8(13)5-10(9)15/h3-5,7,15H,6H2,1-2H3. The number of carbonyl (C=O) groups is 1. The van der Waals surface area contributed by atoms with Gasteiger partial charge in [-0.05, 0) is 25.1 Å². The molecule has 0 heterocycles. The monoisotopic (exact) mass is 305 g/mol. The molecule has 0 radical (unpaired) electrons. The Labute approximate surface area is 108 Å². The highest BCUT2D eigenvalue weighted by molar-refractivity contribution is 9.09. The fraction of sp³-hybridized carbons (Fsp3) is 0.364. The van der Waals surface area contributed by atoms with Crippen LogP contribution in [0.2, 0.25) is 5.02 Å². The highest BCUT2D eigenvalue weighted by atomic mass is 79.9. The van der Waals surface area contributed by atoms with Crippen LogP contribution >= 0.6 is 27.5 Å². The maximum absolute atomic E-state index is 12.0. The topological polar surface area (TPSA) is 40.5 Å². The number of carbonyl (C=O) groups excluding carboxylic acids is 1. The van der Waals surface area contributed by atoms with Gasteiger partial charge in [0.2, 0.25) is 0 Å². The SMILES string of the molecule is CC(CBr)N(C)C(=O)c1ccc(Cl)cc1O. The molecule has 0 aliphatic heterocycles. The lowest BCUT2D eigenvalue weighted by molar-refractivity contribution is 0.0755. The summed E-state index contributed by atoms with van der Waals surface area (Å²) in [5.41, 5.74) is 0.264. The minimum Gasteiger partial charge on any atom is -0.507 e. The summed E-state index contributed by atoms with van der Waals surface area (Å²) in [7, 11) is 1.70. The lowest BCUT2D eigenvalue weighted by atomic mass is 10.1. The number of amides is 1. The van der Waals surface area contributed by atoms with Gasteiger partial charge in [0, 0.05) is 23.4 Å². The van der Waals surface area contributed by atoms with Crippen LogP contribution in [0, 0.1) is 0 Å². The van der Waals surface area contributed by atoms with Crippen molar-refractivity contribution in [3.05, 3.63) is 28.8 Å². The molecular formula is C11H13BrClNO2. The van der Waals surface area contributed by atoms with Crippen LogP contribution in [-0.2, 0) is 0 Å². The number of alkyl halides is 1. The van der Waals surface area contributed by atoms with E-state index >= 15 is 0 Å². The third kappa shape index (κ3) is 2.89. The number of phenolic OH excluding ortho intramolecular Hbond substituents is 1. The van der Waals surface area contributed by atoms with E-state index < -0.39 is 0 Å². The van der Waals surface area contributed by atoms with Crippen LogP contribution in [0.3, 0.4) is 0 Å². The van der Waals surface area contributed by atoms with E-state index in [1.807, 2.05) is 6.92 Å². The summed E-state index contributed by atoms with van der Waals surface area (Å²) < 4.78 is 0. The first-order valence-corrected chi connectivity index (χ1v) is 6.29. The lowest BCUT2D eigenvalue weighted by Gasteiger charge is -2.23. The van der Waals surface area contributed by atoms with Crippen molar-refractivity contribution in [1.82, 2.24) is 4.90 Å². The van der Waals surface area contributed by atoms with Crippen LogP contribution in [0.4, 0.5) is 0 Å². The van der Waals surface area contributed by atoms with E-state index in [4.69, 9.17) is 11.6 Å². The number of nitrogens with zero attached hydrogens (tertiary/aromatic N) is 1. The zero-order valence-corrected chi connectivity index (χ0v) is 11.4. The van der Waals surface area contributed by atoms with Gasteiger partial charge in [-0.25, -0.2) is 0 Å². The number of hydrogen-bond acceptors (Lipinski definition) is 2. The second kappa shape index (κ2) is 5.55. The number of rotatable bonds is 3. The maximum atomic E-state index is 12.0. The van der Waals surface area contributed by atoms with Crippen LogP contribution in [-0.4, -0.2) is 34.3 Å². The van der Waals surface area contributed by atoms with Crippen molar-refractivity contribution in [2.24, 2.45) is 0 Å². The van der Waals surface area contributed by atoms with Crippen LogP contribution < -0.4 is 0 Å². The number of benzene rings is 1. The molecule has 5 heteroatoms. The first-order chi connectivity index (χ1) is 7.47. The highest BCUT2D eigenvalue weighted by Crippen LogP contribution is 2.23. The van der Waals surface area contributed by atoms with Crippen molar-refractivity contribution >= 4 is 33.4 Å². The minimum atomic E-state index is -0.221. The average Bonchev–Trinajstić information content (AvgIpc) is 2.26. The van der Waals surface area contributed by atoms with E-state index in [9.17, 15) is 9.90 Å². The molecule has 1 N–H and O–H groups in total. The number of halogens is 2. The van der Waals surface area contributed by atoms with Crippen molar-refractivity contribution in [3.63, 3.8) is 0 Å². The van der Waals surface area contributed by atoms with E-state index in [0.717, 1.165) is 0 Å². The third-order valence-electron chi connectivity index (χ3n) is 2.40. The van der Waals surface area contributed by atoms with Gasteiger partial charge in [-0.15, -0.1) is 0 Å². The van der Waals surface area contributed by atoms with Gasteiger partial charge in [-0.3, -0.25) is 4.79 Å². The van der Waals surface area contributed by atoms with Crippen LogP contribution in [0.1, 0.15) is 17.3 Å². The van der Waals surface area contributed by atoms with Crippen molar-refractivity contribution in [2.75, 3.05) is 12.4 Å². The Morgan fingerprint density at radius 1 is 1.62 bits per heavy atom. The predicted octanol–water partition coefficient (Wildman–Crippen LogP) is 2.90. The Morgan fingerprint density at radius 2 is 2.25 bits per heavy atom. The average molecular weight is 307 g/mol. The van der Waals surface area contributed by atoms with Crippen LogP contribution in [0.5, 0.6) is 5.75 Å². The Kier molecular flexibility index (Phi) is 4.62. The highest BCUT2D eigenvalue weighted by Gasteiger charge is 2.19. The zero-order chi connectivity index (χ0) is 12.3. The normalized spacial score (nSPS) is 12.2. The van der Waals surface area contributed by atoms with E-state index in [1.165, 1.54) is 12.1 Å². The van der Waals surface area contributed by atoms with Gasteiger partial charge >= 0.3 is 0 Å². The van der Waals surface area contributed by atoms with Gasteiger partial charge in [0.1, 0.15) is 5.75 Å². The first kappa shape index (κ1) is 13.3. The third-order valence-corrected chi connectivity index (χ3v) is 3.57. The Morgan fingerprint density at radius 3 is 2.75 bits per heavy atom. The number of phenols is 1. The van der Waals surface area contributed by atoms with E-state index in [2.05, 4.69) is 15.9 Å². The van der Waals surface area contributed by atoms with Gasteiger partial charge in [-0.1, -0.05) is 27.5 Å². The van der Waals surface area contributed by atoms with Crippen LogP contribution in [0.25, 0.3) is 0 Å². The molecular weight excluding hydrogens is 293 g/mol. The molecule has 16 heavy (non-hydrogen) atoms. The molecule has 1 atom stereocenters. The van der Waals surface area contributed by atoms with Crippen molar-refractivity contribution in [3.8, 4) is 5.75 Å². The minimum absolute atomic E-state index is 0.0579. The quantitative estimate of drug-likeness (QED) is 0.872. The van der Waals surface area contributed by atoms with Gasteiger partial charge in [-0.2, -0.15) is 0 Å². The van der Waals surface area contributed by atoms with Gasteiger partial charge < -0.3 is 10.0 Å². The first-order valence-electron chi connectivity index (χ1n) is 4.79. The molecule has 0 spiro atoms. The molecule has 0 fully saturated rings. The van der Waals surface area contributed by atoms with Gasteiger partial charge in [0.05, 0.1) is 5.56 Å². The summed E-state index contributed by atoms with van der Waals surface area (Å²) in [6, 6.07) is 4.53. The molecule has 1 amide bonds. The predicted molar refractivity (Wildman–Crippen MR) is 68.5 cm³/mol. The van der Waals surface area contributed by atoms with Crippen molar-refractivity contribution in [1.29, 1.82) is 0 Å². The molecule has 1 aromatic carbocycles. The van der Waals surface area contributed by atoms with Gasteiger partial charge in [0.15, 0.2) is 0 Å². The molecule has 88 valence electrons. The maximum Gasteiger partial charge on any atom is 0.257 e. The molecule has 1 rings (SSSR count). The van der Waals surface area contributed by atoms with E-state index in [0.29, 0.717) is 10.4 Å². The molecule has 0 saturated carbocycles. The summed E-state index contributed by atoms with van der Waals surface area (Å²) >= 11 is 9.01. The molecule has 0 aromatic heterocycles. The lowest BCUT2D eigenvalue weighted by Crippen LogP contribution is -2.36. The molecule has 0 bridgehead atoms. The Bertz CT molecular complexity index is 398. The summed E-state index contributed by atoms with van der Waals surface area (Å²) in [6.07, 6.45) is 0. The second-order valence-electron chi connectivity index (χ2n) is 3.58. The summed E-state index contributed by atoms with van der Waals surface area (Å²) in [5, 5.41) is 10.7. The molecule has 3 nitrogen and oxygen atoms in total. The molecule has 0 aliphatic rings. The van der Waals surface area contributed by atoms with Crippen LogP contribution in [0.15, 0.2) is 18.2 Å². The molecule has 1 unspecified atom stereocenters. The van der Waals surface area contributed by atoms with E-state index in [-0.39, 0.29) is 23.3 Å². The summed E-state index contributed by atoms with van der Waals surface area (Å²) in [4.78, 5) is 13.5. The molecule has 0 aliphatic carbocycles. The Balaban J connectivity index is 2.96. The number of hydrogen-bond donors (Lipinski definition) is 1. The number of aromatic hydroxyl groups is 1. The summed E-state index contributed by atoms with van der Waals surface area (Å²) in [6.45, 7) is 1.92. The largest absolute Gasteiger partial charge is 0.507 e. The Hall–Kier alpha value is -0.740. The molecule has 0 saturated heterocycles. The molecule has 1 aromatic rings. The fourth-order valence-corrected chi connectivity index (χ4v) is 1.78. The zero-order valence-electron chi connectivity index (χ0n) is 9.08. The van der Waals surface area contributed by atoms with Crippen molar-refractivity contribution < 1.29 is 9.90 Å². The smallest absolute Gasteiger partial charge is 0.257 e. The second-order valence-corrected chi connectivity index (χ2v) is 4.66. The van der Waals surface area contributed by atoms with Gasteiger partial charge in [0.25, 0.3) is 5.91 Å².